The first-order valence-electron chi connectivity index (χ1n) is 11.6. The summed E-state index contributed by atoms with van der Waals surface area (Å²) in [5.41, 5.74) is 0.980. The summed E-state index contributed by atoms with van der Waals surface area (Å²) in [6.45, 7) is -0.427. The van der Waals surface area contributed by atoms with Gasteiger partial charge in [0.05, 0.1) is 16.4 Å². The molecule has 4 nitrogen and oxygen atoms in total. The van der Waals surface area contributed by atoms with E-state index in [1.54, 1.807) is 0 Å². The molecular formula is C27H19Cl2F5N2O2. The van der Waals surface area contributed by atoms with E-state index in [9.17, 15) is 27.5 Å². The molecule has 1 heterocycles. The second-order valence-electron chi connectivity index (χ2n) is 9.12. The van der Waals surface area contributed by atoms with Crippen molar-refractivity contribution in [2.24, 2.45) is 0 Å². The fourth-order valence-corrected chi connectivity index (χ4v) is 4.78. The highest BCUT2D eigenvalue weighted by Crippen LogP contribution is 2.44. The fourth-order valence-electron chi connectivity index (χ4n) is 4.36. The summed E-state index contributed by atoms with van der Waals surface area (Å²) >= 11 is 12.1. The minimum absolute atomic E-state index is 0.0421. The van der Waals surface area contributed by atoms with Crippen molar-refractivity contribution in [3.63, 3.8) is 0 Å². The molecule has 1 aliphatic heterocycles. The number of fused-ring (bicyclic) bond motifs is 1. The van der Waals surface area contributed by atoms with Crippen LogP contribution in [0.5, 0.6) is 0 Å². The molecular weight excluding hydrogens is 550 g/mol. The van der Waals surface area contributed by atoms with E-state index in [4.69, 9.17) is 23.2 Å². The summed E-state index contributed by atoms with van der Waals surface area (Å²) < 4.78 is 71.6. The number of hydrogen-bond donors (Lipinski definition) is 2. The van der Waals surface area contributed by atoms with Crippen molar-refractivity contribution in [3.05, 3.63) is 98.3 Å². The van der Waals surface area contributed by atoms with Crippen LogP contribution in [0.25, 0.3) is 5.70 Å². The summed E-state index contributed by atoms with van der Waals surface area (Å²) in [5, 5.41) is 13.2. The molecule has 0 unspecified atom stereocenters. The molecule has 0 aromatic heterocycles. The first-order valence-corrected chi connectivity index (χ1v) is 12.3. The Morgan fingerprint density at radius 1 is 0.974 bits per heavy atom. The highest BCUT2D eigenvalue weighted by atomic mass is 35.5. The lowest BCUT2D eigenvalue weighted by atomic mass is 10.0. The Morgan fingerprint density at radius 3 is 2.37 bits per heavy atom. The Balaban J connectivity index is 1.45. The molecule has 38 heavy (non-hydrogen) atoms. The monoisotopic (exact) mass is 568 g/mol. The number of halogens is 7. The van der Waals surface area contributed by atoms with Gasteiger partial charge in [-0.25, -0.2) is 22.0 Å². The van der Waals surface area contributed by atoms with Crippen LogP contribution >= 0.6 is 23.2 Å². The first kappa shape index (κ1) is 26.5. The smallest absolute Gasteiger partial charge is 0.279 e. The van der Waals surface area contributed by atoms with Crippen LogP contribution in [-0.2, 0) is 0 Å². The van der Waals surface area contributed by atoms with Crippen LogP contribution in [0.2, 0.25) is 10.0 Å². The lowest BCUT2D eigenvalue weighted by Crippen LogP contribution is -2.33. The van der Waals surface area contributed by atoms with Gasteiger partial charge in [-0.1, -0.05) is 23.2 Å². The Bertz CT molecular complexity index is 1490. The van der Waals surface area contributed by atoms with Crippen molar-refractivity contribution in [1.29, 1.82) is 0 Å². The largest absolute Gasteiger partial charge is 0.382 e. The molecule has 3 aromatic carbocycles. The van der Waals surface area contributed by atoms with Gasteiger partial charge < -0.3 is 15.3 Å². The second kappa shape index (κ2) is 9.87. The standard InChI is InChI=1S/C27H19Cl2F5N2O2/c28-15-4-6-23-17(10-15)25(37)27(33,34)7-8-36(23)26(38)14-3-5-22(21(32)9-14)35-24(13-1-2-13)16-11-19(30)20(31)12-18(16)29/h3-6,9-12,25,35,37H,1-2,7-8H2/t25-/m1/s1. The van der Waals surface area contributed by atoms with Crippen LogP contribution in [0.3, 0.4) is 0 Å². The van der Waals surface area contributed by atoms with Crippen LogP contribution in [-0.4, -0.2) is 23.5 Å². The highest BCUT2D eigenvalue weighted by molar-refractivity contribution is 6.32. The molecule has 1 saturated carbocycles. The molecule has 11 heteroatoms. The topological polar surface area (TPSA) is 52.6 Å². The molecule has 1 aliphatic carbocycles. The molecule has 198 valence electrons. The number of carbonyl (C=O) groups excluding carboxylic acids is 1. The lowest BCUT2D eigenvalue weighted by molar-refractivity contribution is -0.112. The van der Waals surface area contributed by atoms with Gasteiger partial charge in [0.25, 0.3) is 11.8 Å². The molecule has 2 N–H and O–H groups in total. The van der Waals surface area contributed by atoms with Crippen molar-refractivity contribution in [2.75, 3.05) is 16.8 Å². The van der Waals surface area contributed by atoms with E-state index in [1.165, 1.54) is 30.3 Å². The second-order valence-corrected chi connectivity index (χ2v) is 9.96. The van der Waals surface area contributed by atoms with Crippen LogP contribution < -0.4 is 10.2 Å². The molecule has 1 fully saturated rings. The summed E-state index contributed by atoms with van der Waals surface area (Å²) in [5.74, 6) is -7.34. The minimum atomic E-state index is -3.51. The number of amides is 1. The van der Waals surface area contributed by atoms with Gasteiger partial charge in [0, 0.05) is 40.4 Å². The van der Waals surface area contributed by atoms with Crippen molar-refractivity contribution < 1.29 is 31.9 Å². The molecule has 0 spiro atoms. The number of carbonyl (C=O) groups is 1. The van der Waals surface area contributed by atoms with E-state index in [2.05, 4.69) is 5.32 Å². The van der Waals surface area contributed by atoms with E-state index < -0.39 is 48.4 Å². The molecule has 5 rings (SSSR count). The Labute approximate surface area is 224 Å². The van der Waals surface area contributed by atoms with Crippen molar-refractivity contribution in [1.82, 2.24) is 0 Å². The van der Waals surface area contributed by atoms with Crippen molar-refractivity contribution in [2.45, 2.75) is 31.3 Å². The highest BCUT2D eigenvalue weighted by Gasteiger charge is 2.44. The quantitative estimate of drug-likeness (QED) is 0.250. The normalized spacial score (nSPS) is 18.1. The Kier molecular flexibility index (Phi) is 6.87. The predicted octanol–water partition coefficient (Wildman–Crippen LogP) is 7.75. The number of hydrogen-bond acceptors (Lipinski definition) is 3. The average Bonchev–Trinajstić information content (AvgIpc) is 3.71. The Hall–Kier alpha value is -3.14. The number of alkyl halides is 2. The van der Waals surface area contributed by atoms with Gasteiger partial charge in [-0.3, -0.25) is 4.79 Å². The van der Waals surface area contributed by atoms with Gasteiger partial charge in [0.1, 0.15) is 11.9 Å². The number of rotatable bonds is 4. The van der Waals surface area contributed by atoms with E-state index in [0.717, 1.165) is 28.7 Å². The van der Waals surface area contributed by atoms with Gasteiger partial charge in [-0.2, -0.15) is 0 Å². The molecule has 1 amide bonds. The number of nitrogens with one attached hydrogen (secondary N) is 1. The van der Waals surface area contributed by atoms with Crippen LogP contribution in [0.4, 0.5) is 33.3 Å². The van der Waals surface area contributed by atoms with Gasteiger partial charge in [-0.05, 0) is 66.9 Å². The fraction of sp³-hybridized carbons (Fsp3) is 0.222. The average molecular weight is 569 g/mol. The molecule has 0 bridgehead atoms. The number of nitrogens with zero attached hydrogens (tertiary/aromatic N) is 1. The third kappa shape index (κ3) is 4.98. The summed E-state index contributed by atoms with van der Waals surface area (Å²) in [6.07, 6.45) is -1.68. The van der Waals surface area contributed by atoms with E-state index in [-0.39, 0.29) is 38.1 Å². The number of anilines is 2. The van der Waals surface area contributed by atoms with Crippen LogP contribution in [0.1, 0.15) is 46.9 Å². The number of aliphatic hydroxyl groups is 1. The molecule has 0 radical (unpaired) electrons. The maximum Gasteiger partial charge on any atom is 0.279 e. The molecule has 0 saturated heterocycles. The Morgan fingerprint density at radius 2 is 1.68 bits per heavy atom. The SMILES string of the molecule is O=C(c1ccc(NC(=C2CC2)c2cc(F)c(F)cc2Cl)c(F)c1)N1CCC(F)(F)[C@H](O)c2cc(Cl)ccc21. The molecule has 2 aliphatic rings. The minimum Gasteiger partial charge on any atom is -0.382 e. The van der Waals surface area contributed by atoms with E-state index >= 15 is 4.39 Å². The van der Waals surface area contributed by atoms with E-state index in [0.29, 0.717) is 18.5 Å². The zero-order valence-electron chi connectivity index (χ0n) is 19.5. The van der Waals surface area contributed by atoms with Gasteiger partial charge in [-0.15, -0.1) is 0 Å². The maximum atomic E-state index is 15.2. The predicted molar refractivity (Wildman–Crippen MR) is 135 cm³/mol. The zero-order chi connectivity index (χ0) is 27.4. The van der Waals surface area contributed by atoms with Crippen LogP contribution in [0, 0.1) is 17.5 Å². The molecule has 1 atom stereocenters. The van der Waals surface area contributed by atoms with Gasteiger partial charge in [0.2, 0.25) is 0 Å². The zero-order valence-corrected chi connectivity index (χ0v) is 21.0. The third-order valence-electron chi connectivity index (χ3n) is 6.50. The number of benzene rings is 3. The van der Waals surface area contributed by atoms with Crippen molar-refractivity contribution >= 4 is 46.2 Å². The number of aliphatic hydroxyl groups excluding tert-OH is 1. The van der Waals surface area contributed by atoms with Crippen molar-refractivity contribution in [3.8, 4) is 0 Å². The number of allylic oxidation sites excluding steroid dienone is 1. The van der Waals surface area contributed by atoms with Gasteiger partial charge >= 0.3 is 0 Å². The summed E-state index contributed by atoms with van der Waals surface area (Å²) in [4.78, 5) is 14.4. The molecule has 3 aromatic rings. The summed E-state index contributed by atoms with van der Waals surface area (Å²) in [7, 11) is 0. The van der Waals surface area contributed by atoms with Crippen LogP contribution in [0.15, 0.2) is 54.1 Å². The lowest BCUT2D eigenvalue weighted by Gasteiger charge is -2.23. The van der Waals surface area contributed by atoms with E-state index in [1.807, 2.05) is 0 Å². The first-order chi connectivity index (χ1) is 18.0. The third-order valence-corrected chi connectivity index (χ3v) is 7.05. The van der Waals surface area contributed by atoms with Gasteiger partial charge in [0.15, 0.2) is 11.6 Å². The maximum absolute atomic E-state index is 15.2. The summed E-state index contributed by atoms with van der Waals surface area (Å²) in [6, 6.07) is 9.23.